The largest absolute Gasteiger partial charge is 0.271 e. The molecule has 14 heavy (non-hydrogen) atoms. The fraction of sp³-hybridized carbons (Fsp3) is 0.364. The van der Waals surface area contributed by atoms with E-state index in [0.29, 0.717) is 6.42 Å². The maximum absolute atomic E-state index is 5.42. The molecule has 1 heterocycles. The van der Waals surface area contributed by atoms with Gasteiger partial charge in [0.2, 0.25) is 0 Å². The molecule has 0 aliphatic heterocycles. The van der Waals surface area contributed by atoms with Gasteiger partial charge in [-0.2, -0.15) is 0 Å². The molecule has 3 heteroatoms. The fourth-order valence-electron chi connectivity index (χ4n) is 1.45. The molecule has 0 spiro atoms. The maximum atomic E-state index is 5.42. The van der Waals surface area contributed by atoms with E-state index in [9.17, 15) is 0 Å². The number of nitrogens with one attached hydrogen (secondary N) is 1. The van der Waals surface area contributed by atoms with Gasteiger partial charge in [0, 0.05) is 18.3 Å². The van der Waals surface area contributed by atoms with Crippen LogP contribution in [-0.2, 0) is 0 Å². The molecule has 1 rings (SSSR count). The van der Waals surface area contributed by atoms with Crippen molar-refractivity contribution in [3.05, 3.63) is 29.1 Å². The van der Waals surface area contributed by atoms with Gasteiger partial charge in [0.15, 0.2) is 0 Å². The van der Waals surface area contributed by atoms with Crippen molar-refractivity contribution < 1.29 is 0 Å². The Kier molecular flexibility index (Phi) is 3.63. The van der Waals surface area contributed by atoms with Crippen LogP contribution in [-0.4, -0.2) is 4.98 Å². The zero-order chi connectivity index (χ0) is 10.6. The lowest BCUT2D eigenvalue weighted by atomic mass is 10.0. The molecule has 1 aromatic rings. The first kappa shape index (κ1) is 10.7. The summed E-state index contributed by atoms with van der Waals surface area (Å²) in [7, 11) is 0. The van der Waals surface area contributed by atoms with Crippen LogP contribution < -0.4 is 11.3 Å². The summed E-state index contributed by atoms with van der Waals surface area (Å²) in [6.45, 7) is 3.99. The average Bonchev–Trinajstić information content (AvgIpc) is 2.15. The third-order valence-corrected chi connectivity index (χ3v) is 2.19. The van der Waals surface area contributed by atoms with E-state index < -0.39 is 0 Å². The Morgan fingerprint density at radius 2 is 2.36 bits per heavy atom. The lowest BCUT2D eigenvalue weighted by Gasteiger charge is -2.15. The molecule has 0 aromatic carbocycles. The summed E-state index contributed by atoms with van der Waals surface area (Å²) < 4.78 is 0. The molecule has 1 aromatic heterocycles. The summed E-state index contributed by atoms with van der Waals surface area (Å²) in [6, 6.07) is 2.02. The fourth-order valence-corrected chi connectivity index (χ4v) is 1.45. The Bertz CT molecular complexity index is 352. The lowest BCUT2D eigenvalue weighted by Crippen LogP contribution is -2.28. The minimum absolute atomic E-state index is 0.00639. The Morgan fingerprint density at radius 1 is 1.64 bits per heavy atom. The molecule has 3 nitrogen and oxygen atoms in total. The van der Waals surface area contributed by atoms with Crippen LogP contribution in [0.1, 0.15) is 29.3 Å². The summed E-state index contributed by atoms with van der Waals surface area (Å²) in [5.41, 5.74) is 5.93. The molecule has 1 unspecified atom stereocenters. The third kappa shape index (κ3) is 2.32. The Balaban J connectivity index is 2.99. The number of pyridine rings is 1. The molecule has 0 saturated heterocycles. The highest BCUT2D eigenvalue weighted by Crippen LogP contribution is 2.18. The predicted octanol–water partition coefficient (Wildman–Crippen LogP) is 1.23. The van der Waals surface area contributed by atoms with Crippen LogP contribution in [0.15, 0.2) is 12.3 Å². The predicted molar refractivity (Wildman–Crippen MR) is 57.2 cm³/mol. The lowest BCUT2D eigenvalue weighted by molar-refractivity contribution is 0.563. The molecule has 0 radical (unpaired) electrons. The van der Waals surface area contributed by atoms with Crippen molar-refractivity contribution in [1.29, 1.82) is 0 Å². The zero-order valence-electron chi connectivity index (χ0n) is 8.54. The number of hydrogen-bond donors (Lipinski definition) is 2. The third-order valence-electron chi connectivity index (χ3n) is 2.19. The van der Waals surface area contributed by atoms with Gasteiger partial charge < -0.3 is 0 Å². The van der Waals surface area contributed by atoms with Crippen LogP contribution in [0.25, 0.3) is 0 Å². The van der Waals surface area contributed by atoms with E-state index in [-0.39, 0.29) is 6.04 Å². The first-order valence-electron chi connectivity index (χ1n) is 4.51. The number of aryl methyl sites for hydroxylation is 2. The zero-order valence-corrected chi connectivity index (χ0v) is 8.54. The van der Waals surface area contributed by atoms with E-state index in [0.717, 1.165) is 16.8 Å². The SMILES string of the molecule is C#CCC(NN)c1cnc(C)cc1C. The molecule has 0 aliphatic rings. The molecule has 3 N–H and O–H groups in total. The molecule has 0 amide bonds. The van der Waals surface area contributed by atoms with Gasteiger partial charge in [-0.05, 0) is 31.0 Å². The summed E-state index contributed by atoms with van der Waals surface area (Å²) in [5, 5.41) is 0. The van der Waals surface area contributed by atoms with Gasteiger partial charge in [0.05, 0.1) is 6.04 Å². The molecular formula is C11H15N3. The van der Waals surface area contributed by atoms with Gasteiger partial charge in [0.25, 0.3) is 0 Å². The summed E-state index contributed by atoms with van der Waals surface area (Å²) in [5.74, 6) is 8.01. The van der Waals surface area contributed by atoms with E-state index in [2.05, 4.69) is 16.3 Å². The summed E-state index contributed by atoms with van der Waals surface area (Å²) >= 11 is 0. The van der Waals surface area contributed by atoms with Crippen LogP contribution in [0.3, 0.4) is 0 Å². The smallest absolute Gasteiger partial charge is 0.0586 e. The van der Waals surface area contributed by atoms with Crippen molar-refractivity contribution >= 4 is 0 Å². The number of hydrazine groups is 1. The quantitative estimate of drug-likeness (QED) is 0.427. The Labute approximate surface area is 84.7 Å². The van der Waals surface area contributed by atoms with E-state index in [4.69, 9.17) is 12.3 Å². The van der Waals surface area contributed by atoms with Crippen LogP contribution in [0.2, 0.25) is 0 Å². The molecule has 0 aliphatic carbocycles. The van der Waals surface area contributed by atoms with Crippen molar-refractivity contribution in [1.82, 2.24) is 10.4 Å². The van der Waals surface area contributed by atoms with Crippen LogP contribution in [0.5, 0.6) is 0 Å². The number of hydrogen-bond acceptors (Lipinski definition) is 3. The van der Waals surface area contributed by atoms with Crippen molar-refractivity contribution in [3.63, 3.8) is 0 Å². The van der Waals surface area contributed by atoms with Crippen molar-refractivity contribution in [3.8, 4) is 12.3 Å². The highest BCUT2D eigenvalue weighted by Gasteiger charge is 2.10. The molecule has 0 saturated carbocycles. The first-order valence-corrected chi connectivity index (χ1v) is 4.51. The topological polar surface area (TPSA) is 50.9 Å². The second-order valence-corrected chi connectivity index (χ2v) is 3.31. The molecular weight excluding hydrogens is 174 g/mol. The standard InChI is InChI=1S/C11H15N3/c1-4-5-11(14-12)10-7-13-9(3)6-8(10)2/h1,6-7,11,14H,5,12H2,2-3H3. The Hall–Kier alpha value is -1.37. The van der Waals surface area contributed by atoms with Crippen LogP contribution in [0, 0.1) is 26.2 Å². The number of aromatic nitrogens is 1. The molecule has 0 fully saturated rings. The Morgan fingerprint density at radius 3 is 2.86 bits per heavy atom. The van der Waals surface area contributed by atoms with Crippen LogP contribution in [0.4, 0.5) is 0 Å². The van der Waals surface area contributed by atoms with Crippen molar-refractivity contribution in [2.45, 2.75) is 26.3 Å². The second kappa shape index (κ2) is 4.75. The first-order chi connectivity index (χ1) is 6.69. The molecule has 0 bridgehead atoms. The second-order valence-electron chi connectivity index (χ2n) is 3.31. The number of rotatable bonds is 3. The molecule has 1 atom stereocenters. The normalized spacial score (nSPS) is 12.1. The number of nitrogens with two attached hydrogens (primary N) is 1. The van der Waals surface area contributed by atoms with Gasteiger partial charge in [-0.15, -0.1) is 12.3 Å². The van der Waals surface area contributed by atoms with E-state index in [1.807, 2.05) is 26.1 Å². The summed E-state index contributed by atoms with van der Waals surface area (Å²) in [4.78, 5) is 4.23. The highest BCUT2D eigenvalue weighted by molar-refractivity contribution is 5.28. The van der Waals surface area contributed by atoms with Gasteiger partial charge >= 0.3 is 0 Å². The van der Waals surface area contributed by atoms with E-state index >= 15 is 0 Å². The van der Waals surface area contributed by atoms with Gasteiger partial charge in [0.1, 0.15) is 0 Å². The number of nitrogens with zero attached hydrogens (tertiary/aromatic N) is 1. The number of terminal acetylenes is 1. The minimum atomic E-state index is -0.00639. The van der Waals surface area contributed by atoms with E-state index in [1.165, 1.54) is 0 Å². The van der Waals surface area contributed by atoms with Crippen molar-refractivity contribution in [2.24, 2.45) is 5.84 Å². The van der Waals surface area contributed by atoms with Gasteiger partial charge in [-0.1, -0.05) is 0 Å². The minimum Gasteiger partial charge on any atom is -0.271 e. The molecule has 74 valence electrons. The van der Waals surface area contributed by atoms with E-state index in [1.54, 1.807) is 0 Å². The monoisotopic (exact) mass is 189 g/mol. The van der Waals surface area contributed by atoms with Crippen LogP contribution >= 0.6 is 0 Å². The average molecular weight is 189 g/mol. The maximum Gasteiger partial charge on any atom is 0.0586 e. The van der Waals surface area contributed by atoms with Gasteiger partial charge in [-0.25, -0.2) is 0 Å². The van der Waals surface area contributed by atoms with Gasteiger partial charge in [-0.3, -0.25) is 16.3 Å². The summed E-state index contributed by atoms with van der Waals surface area (Å²) in [6.07, 6.45) is 7.65. The highest BCUT2D eigenvalue weighted by atomic mass is 15.2. The van der Waals surface area contributed by atoms with Crippen molar-refractivity contribution in [2.75, 3.05) is 0 Å².